The summed E-state index contributed by atoms with van der Waals surface area (Å²) in [6, 6.07) is 0.595. The third-order valence-corrected chi connectivity index (χ3v) is 4.39. The molecule has 0 radical (unpaired) electrons. The number of rotatable bonds is 4. The van der Waals surface area contributed by atoms with E-state index in [1.54, 1.807) is 0 Å². The molecule has 0 bridgehead atoms. The van der Waals surface area contributed by atoms with Gasteiger partial charge in [-0.2, -0.15) is 4.37 Å². The van der Waals surface area contributed by atoms with Crippen LogP contribution in [0.1, 0.15) is 31.5 Å². The Balaban J connectivity index is 1.44. The van der Waals surface area contributed by atoms with E-state index in [-0.39, 0.29) is 0 Å². The lowest BCUT2D eigenvalue weighted by Crippen LogP contribution is -2.39. The highest BCUT2D eigenvalue weighted by Gasteiger charge is 2.27. The summed E-state index contributed by atoms with van der Waals surface area (Å²) in [6.45, 7) is 5.77. The Labute approximate surface area is 107 Å². The quantitative estimate of drug-likeness (QED) is 0.891. The van der Waals surface area contributed by atoms with Gasteiger partial charge < -0.3 is 10.2 Å². The van der Waals surface area contributed by atoms with Gasteiger partial charge in [0.05, 0.1) is 0 Å². The van der Waals surface area contributed by atoms with E-state index in [9.17, 15) is 0 Å². The fourth-order valence-corrected chi connectivity index (χ4v) is 3.11. The minimum Gasteiger partial charge on any atom is -0.357 e. The number of piperidine rings is 1. The van der Waals surface area contributed by atoms with Gasteiger partial charge in [0, 0.05) is 37.2 Å². The highest BCUT2D eigenvalue weighted by atomic mass is 32.1. The molecule has 1 saturated carbocycles. The van der Waals surface area contributed by atoms with E-state index < -0.39 is 0 Å². The Morgan fingerprint density at radius 1 is 1.29 bits per heavy atom. The lowest BCUT2D eigenvalue weighted by atomic mass is 10.1. The highest BCUT2D eigenvalue weighted by molar-refractivity contribution is 7.09. The van der Waals surface area contributed by atoms with E-state index in [4.69, 9.17) is 0 Å². The molecule has 4 nitrogen and oxygen atoms in total. The molecular weight excluding hydrogens is 232 g/mol. The van der Waals surface area contributed by atoms with Crippen LogP contribution in [0, 0.1) is 12.8 Å². The van der Waals surface area contributed by atoms with Crippen LogP contribution in [0.3, 0.4) is 0 Å². The van der Waals surface area contributed by atoms with Crippen molar-refractivity contribution in [3.63, 3.8) is 0 Å². The van der Waals surface area contributed by atoms with Gasteiger partial charge in [0.2, 0.25) is 5.13 Å². The zero-order chi connectivity index (χ0) is 11.7. The topological polar surface area (TPSA) is 41.1 Å². The van der Waals surface area contributed by atoms with Gasteiger partial charge in [-0.05, 0) is 38.5 Å². The SMILES string of the molecule is Cc1nsc(NC2CCN(CC3CC3)CC2)n1. The summed E-state index contributed by atoms with van der Waals surface area (Å²) in [6.07, 6.45) is 5.40. The Bertz CT molecular complexity index is 366. The molecule has 2 heterocycles. The molecular formula is C12H20N4S. The Hall–Kier alpha value is -0.680. The second kappa shape index (κ2) is 4.90. The predicted octanol–water partition coefficient (Wildman–Crippen LogP) is 2.13. The van der Waals surface area contributed by atoms with Crippen LogP contribution in [0.2, 0.25) is 0 Å². The number of nitrogens with zero attached hydrogens (tertiary/aromatic N) is 3. The number of aryl methyl sites for hydroxylation is 1. The van der Waals surface area contributed by atoms with Crippen LogP contribution in [-0.2, 0) is 0 Å². The summed E-state index contributed by atoms with van der Waals surface area (Å²) >= 11 is 1.48. The van der Waals surface area contributed by atoms with Crippen molar-refractivity contribution in [3.8, 4) is 0 Å². The normalized spacial score (nSPS) is 22.9. The van der Waals surface area contributed by atoms with Gasteiger partial charge in [-0.25, -0.2) is 4.98 Å². The second-order valence-electron chi connectivity index (χ2n) is 5.31. The van der Waals surface area contributed by atoms with Crippen molar-refractivity contribution in [3.05, 3.63) is 5.82 Å². The van der Waals surface area contributed by atoms with Crippen molar-refractivity contribution in [2.24, 2.45) is 5.92 Å². The number of anilines is 1. The fraction of sp³-hybridized carbons (Fsp3) is 0.833. The molecule has 1 aromatic rings. The lowest BCUT2D eigenvalue weighted by molar-refractivity contribution is 0.211. The number of hydrogen-bond acceptors (Lipinski definition) is 5. The summed E-state index contributed by atoms with van der Waals surface area (Å²) < 4.78 is 4.20. The number of hydrogen-bond donors (Lipinski definition) is 1. The van der Waals surface area contributed by atoms with Gasteiger partial charge in [-0.1, -0.05) is 0 Å². The maximum absolute atomic E-state index is 4.36. The van der Waals surface area contributed by atoms with Gasteiger partial charge in [0.25, 0.3) is 0 Å². The Morgan fingerprint density at radius 3 is 2.65 bits per heavy atom. The number of nitrogens with one attached hydrogen (secondary N) is 1. The van der Waals surface area contributed by atoms with Crippen LogP contribution in [0.4, 0.5) is 5.13 Å². The van der Waals surface area contributed by atoms with Gasteiger partial charge in [-0.3, -0.25) is 0 Å². The second-order valence-corrected chi connectivity index (χ2v) is 6.06. The zero-order valence-electron chi connectivity index (χ0n) is 10.4. The van der Waals surface area contributed by atoms with Crippen LogP contribution < -0.4 is 5.32 Å². The Kier molecular flexibility index (Phi) is 3.29. The number of aromatic nitrogens is 2. The first-order valence-electron chi connectivity index (χ1n) is 6.59. The minimum absolute atomic E-state index is 0.595. The summed E-state index contributed by atoms with van der Waals surface area (Å²) in [5.74, 6) is 1.90. The maximum atomic E-state index is 4.36. The third kappa shape index (κ3) is 3.16. The van der Waals surface area contributed by atoms with E-state index in [0.29, 0.717) is 6.04 Å². The smallest absolute Gasteiger partial charge is 0.202 e. The molecule has 1 aromatic heterocycles. The summed E-state index contributed by atoms with van der Waals surface area (Å²) in [4.78, 5) is 6.99. The van der Waals surface area contributed by atoms with Crippen molar-refractivity contribution in [1.82, 2.24) is 14.3 Å². The molecule has 2 aliphatic rings. The molecule has 0 amide bonds. The molecule has 1 N–H and O–H groups in total. The highest BCUT2D eigenvalue weighted by Crippen LogP contribution is 2.30. The molecule has 1 aliphatic carbocycles. The van der Waals surface area contributed by atoms with E-state index >= 15 is 0 Å². The molecule has 0 atom stereocenters. The average molecular weight is 252 g/mol. The number of likely N-dealkylation sites (tertiary alicyclic amines) is 1. The molecule has 0 spiro atoms. The van der Waals surface area contributed by atoms with Crippen molar-refractivity contribution in [2.45, 2.75) is 38.6 Å². The van der Waals surface area contributed by atoms with Crippen LogP contribution in [0.5, 0.6) is 0 Å². The maximum Gasteiger partial charge on any atom is 0.202 e. The zero-order valence-corrected chi connectivity index (χ0v) is 11.2. The average Bonchev–Trinajstić information content (AvgIpc) is 3.04. The lowest BCUT2D eigenvalue weighted by Gasteiger charge is -2.32. The first-order chi connectivity index (χ1) is 8.29. The molecule has 0 unspecified atom stereocenters. The summed E-state index contributed by atoms with van der Waals surface area (Å²) in [7, 11) is 0. The monoisotopic (exact) mass is 252 g/mol. The molecule has 17 heavy (non-hydrogen) atoms. The summed E-state index contributed by atoms with van der Waals surface area (Å²) in [5.41, 5.74) is 0. The first kappa shape index (κ1) is 11.4. The van der Waals surface area contributed by atoms with E-state index in [1.807, 2.05) is 6.92 Å². The van der Waals surface area contributed by atoms with Gasteiger partial charge in [0.1, 0.15) is 5.82 Å². The predicted molar refractivity (Wildman–Crippen MR) is 70.5 cm³/mol. The van der Waals surface area contributed by atoms with Crippen LogP contribution in [0.25, 0.3) is 0 Å². The molecule has 1 aliphatic heterocycles. The van der Waals surface area contributed by atoms with E-state index in [1.165, 1.54) is 56.9 Å². The molecule has 1 saturated heterocycles. The fourth-order valence-electron chi connectivity index (χ4n) is 2.46. The van der Waals surface area contributed by atoms with Crippen molar-refractivity contribution >= 4 is 16.7 Å². The van der Waals surface area contributed by atoms with E-state index in [2.05, 4.69) is 19.6 Å². The molecule has 94 valence electrons. The van der Waals surface area contributed by atoms with Crippen molar-refractivity contribution < 1.29 is 0 Å². The molecule has 5 heteroatoms. The third-order valence-electron chi connectivity index (χ3n) is 3.66. The first-order valence-corrected chi connectivity index (χ1v) is 7.36. The van der Waals surface area contributed by atoms with Gasteiger partial charge in [0.15, 0.2) is 0 Å². The summed E-state index contributed by atoms with van der Waals surface area (Å²) in [5, 5.41) is 4.50. The van der Waals surface area contributed by atoms with Crippen molar-refractivity contribution in [1.29, 1.82) is 0 Å². The molecule has 3 rings (SSSR count). The van der Waals surface area contributed by atoms with Gasteiger partial charge in [-0.15, -0.1) is 0 Å². The standard InChI is InChI=1S/C12H20N4S/c1-9-13-12(17-15-9)14-11-4-6-16(7-5-11)8-10-2-3-10/h10-11H,2-8H2,1H3,(H,13,14,15). The van der Waals surface area contributed by atoms with Crippen molar-refractivity contribution in [2.75, 3.05) is 25.0 Å². The van der Waals surface area contributed by atoms with Gasteiger partial charge >= 0.3 is 0 Å². The minimum atomic E-state index is 0.595. The molecule has 2 fully saturated rings. The molecule has 0 aromatic carbocycles. The van der Waals surface area contributed by atoms with Crippen LogP contribution in [-0.4, -0.2) is 39.9 Å². The Morgan fingerprint density at radius 2 is 2.06 bits per heavy atom. The largest absolute Gasteiger partial charge is 0.357 e. The van der Waals surface area contributed by atoms with Crippen LogP contribution in [0.15, 0.2) is 0 Å². The van der Waals surface area contributed by atoms with Crippen LogP contribution >= 0.6 is 11.5 Å². The van der Waals surface area contributed by atoms with E-state index in [0.717, 1.165) is 16.9 Å².